The molecule has 1 heterocycles. The minimum absolute atomic E-state index is 0.0747. The first-order chi connectivity index (χ1) is 4.83. The molecule has 1 rings (SSSR count). The Morgan fingerprint density at radius 3 is 2.90 bits per heavy atom. The Bertz CT molecular complexity index is 99.8. The van der Waals surface area contributed by atoms with E-state index in [-0.39, 0.29) is 12.2 Å². The molecular weight excluding hydrogens is 130 g/mol. The molecule has 1 unspecified atom stereocenters. The molecule has 1 saturated heterocycles. The molecule has 0 amide bonds. The first-order valence-electron chi connectivity index (χ1n) is 3.70. The highest BCUT2D eigenvalue weighted by atomic mass is 16.5. The highest BCUT2D eigenvalue weighted by Crippen LogP contribution is 2.22. The summed E-state index contributed by atoms with van der Waals surface area (Å²) in [6.45, 7) is 2.10. The van der Waals surface area contributed by atoms with Crippen molar-refractivity contribution < 1.29 is 9.84 Å². The summed E-state index contributed by atoms with van der Waals surface area (Å²) in [4.78, 5) is 0. The van der Waals surface area contributed by atoms with E-state index in [2.05, 4.69) is 5.32 Å². The molecule has 10 heavy (non-hydrogen) atoms. The lowest BCUT2D eigenvalue weighted by Gasteiger charge is -2.25. The summed E-state index contributed by atoms with van der Waals surface area (Å²) in [7, 11) is 1.71. The van der Waals surface area contributed by atoms with E-state index in [0.717, 1.165) is 25.9 Å². The van der Waals surface area contributed by atoms with E-state index >= 15 is 0 Å². The SMILES string of the molecule is COC1(CCO)CCNC1. The van der Waals surface area contributed by atoms with Gasteiger partial charge in [0.1, 0.15) is 0 Å². The normalized spacial score (nSPS) is 33.0. The fourth-order valence-electron chi connectivity index (χ4n) is 1.41. The van der Waals surface area contributed by atoms with Crippen LogP contribution in [0.25, 0.3) is 0 Å². The summed E-state index contributed by atoms with van der Waals surface area (Å²) < 4.78 is 5.32. The van der Waals surface area contributed by atoms with Gasteiger partial charge >= 0.3 is 0 Å². The first kappa shape index (κ1) is 7.98. The average molecular weight is 145 g/mol. The predicted molar refractivity (Wildman–Crippen MR) is 38.9 cm³/mol. The third-order valence-electron chi connectivity index (χ3n) is 2.20. The molecule has 60 valence electrons. The number of hydrogen-bond acceptors (Lipinski definition) is 3. The fraction of sp³-hybridized carbons (Fsp3) is 1.00. The maximum absolute atomic E-state index is 8.72. The van der Waals surface area contributed by atoms with E-state index in [9.17, 15) is 0 Å². The molecule has 0 aromatic rings. The van der Waals surface area contributed by atoms with Crippen LogP contribution in [0, 0.1) is 0 Å². The molecule has 1 aliphatic rings. The van der Waals surface area contributed by atoms with Gasteiger partial charge in [0.2, 0.25) is 0 Å². The monoisotopic (exact) mass is 145 g/mol. The molecular formula is C7H15NO2. The zero-order valence-electron chi connectivity index (χ0n) is 6.39. The summed E-state index contributed by atoms with van der Waals surface area (Å²) >= 11 is 0. The Morgan fingerprint density at radius 2 is 2.50 bits per heavy atom. The van der Waals surface area contributed by atoms with Crippen molar-refractivity contribution >= 4 is 0 Å². The molecule has 0 spiro atoms. The van der Waals surface area contributed by atoms with Crippen molar-refractivity contribution in [3.8, 4) is 0 Å². The van der Waals surface area contributed by atoms with Gasteiger partial charge in [0.15, 0.2) is 0 Å². The second-order valence-corrected chi connectivity index (χ2v) is 2.79. The molecule has 3 heteroatoms. The van der Waals surface area contributed by atoms with Gasteiger partial charge in [-0.25, -0.2) is 0 Å². The fourth-order valence-corrected chi connectivity index (χ4v) is 1.41. The van der Waals surface area contributed by atoms with Crippen molar-refractivity contribution in [2.75, 3.05) is 26.8 Å². The van der Waals surface area contributed by atoms with Crippen LogP contribution in [-0.2, 0) is 4.74 Å². The molecule has 1 fully saturated rings. The molecule has 0 saturated carbocycles. The van der Waals surface area contributed by atoms with Crippen LogP contribution >= 0.6 is 0 Å². The first-order valence-corrected chi connectivity index (χ1v) is 3.70. The van der Waals surface area contributed by atoms with Crippen molar-refractivity contribution in [2.45, 2.75) is 18.4 Å². The van der Waals surface area contributed by atoms with Gasteiger partial charge in [-0.3, -0.25) is 0 Å². The standard InChI is InChI=1S/C7H15NO2/c1-10-7(3-5-9)2-4-8-6-7/h8-9H,2-6H2,1H3. The Labute approximate surface area is 61.4 Å². The Hall–Kier alpha value is -0.120. The van der Waals surface area contributed by atoms with Gasteiger partial charge in [-0.15, -0.1) is 0 Å². The second kappa shape index (κ2) is 3.32. The van der Waals surface area contributed by atoms with E-state index in [1.165, 1.54) is 0 Å². The highest BCUT2D eigenvalue weighted by molar-refractivity contribution is 4.88. The molecule has 0 bridgehead atoms. The summed E-state index contributed by atoms with van der Waals surface area (Å²) in [5.41, 5.74) is -0.0747. The molecule has 0 aromatic heterocycles. The third-order valence-corrected chi connectivity index (χ3v) is 2.20. The Morgan fingerprint density at radius 1 is 1.70 bits per heavy atom. The van der Waals surface area contributed by atoms with Crippen LogP contribution < -0.4 is 5.32 Å². The van der Waals surface area contributed by atoms with Crippen LogP contribution in [0.2, 0.25) is 0 Å². The molecule has 0 aliphatic carbocycles. The Kier molecular flexibility index (Phi) is 2.65. The van der Waals surface area contributed by atoms with Crippen LogP contribution in [0.4, 0.5) is 0 Å². The van der Waals surface area contributed by atoms with E-state index in [1.807, 2.05) is 0 Å². The molecule has 2 N–H and O–H groups in total. The van der Waals surface area contributed by atoms with Crippen molar-refractivity contribution in [1.29, 1.82) is 0 Å². The predicted octanol–water partition coefficient (Wildman–Crippen LogP) is -0.253. The van der Waals surface area contributed by atoms with Crippen molar-refractivity contribution in [1.82, 2.24) is 5.32 Å². The largest absolute Gasteiger partial charge is 0.396 e. The molecule has 1 atom stereocenters. The van der Waals surface area contributed by atoms with Crippen LogP contribution in [0.1, 0.15) is 12.8 Å². The second-order valence-electron chi connectivity index (χ2n) is 2.79. The van der Waals surface area contributed by atoms with Gasteiger partial charge < -0.3 is 15.2 Å². The zero-order chi connectivity index (χ0) is 7.45. The van der Waals surface area contributed by atoms with Crippen molar-refractivity contribution in [2.24, 2.45) is 0 Å². The topological polar surface area (TPSA) is 41.5 Å². The molecule has 0 radical (unpaired) electrons. The van der Waals surface area contributed by atoms with Gasteiger partial charge in [0, 0.05) is 26.7 Å². The number of ether oxygens (including phenoxy) is 1. The van der Waals surface area contributed by atoms with Gasteiger partial charge in [0.25, 0.3) is 0 Å². The summed E-state index contributed by atoms with van der Waals surface area (Å²) in [6.07, 6.45) is 1.76. The number of aliphatic hydroxyl groups is 1. The summed E-state index contributed by atoms with van der Waals surface area (Å²) in [5.74, 6) is 0. The van der Waals surface area contributed by atoms with Crippen molar-refractivity contribution in [3.63, 3.8) is 0 Å². The van der Waals surface area contributed by atoms with Gasteiger partial charge in [-0.05, 0) is 13.0 Å². The summed E-state index contributed by atoms with van der Waals surface area (Å²) in [5, 5.41) is 11.9. The maximum atomic E-state index is 8.72. The zero-order valence-corrected chi connectivity index (χ0v) is 6.39. The maximum Gasteiger partial charge on any atom is 0.0836 e. The number of hydrogen-bond donors (Lipinski definition) is 2. The van der Waals surface area contributed by atoms with Crippen LogP contribution in [0.5, 0.6) is 0 Å². The van der Waals surface area contributed by atoms with Gasteiger partial charge in [-0.2, -0.15) is 0 Å². The van der Waals surface area contributed by atoms with Gasteiger partial charge in [-0.1, -0.05) is 0 Å². The summed E-state index contributed by atoms with van der Waals surface area (Å²) in [6, 6.07) is 0. The van der Waals surface area contributed by atoms with E-state index in [4.69, 9.17) is 9.84 Å². The van der Waals surface area contributed by atoms with E-state index < -0.39 is 0 Å². The van der Waals surface area contributed by atoms with E-state index in [0.29, 0.717) is 0 Å². The van der Waals surface area contributed by atoms with Crippen LogP contribution in [0.3, 0.4) is 0 Å². The number of methoxy groups -OCH3 is 1. The molecule has 0 aromatic carbocycles. The van der Waals surface area contributed by atoms with Crippen LogP contribution in [0.15, 0.2) is 0 Å². The smallest absolute Gasteiger partial charge is 0.0836 e. The third kappa shape index (κ3) is 1.48. The lowest BCUT2D eigenvalue weighted by atomic mass is 9.99. The molecule has 3 nitrogen and oxygen atoms in total. The van der Waals surface area contributed by atoms with E-state index in [1.54, 1.807) is 7.11 Å². The molecule has 1 aliphatic heterocycles. The quantitative estimate of drug-likeness (QED) is 0.575. The minimum atomic E-state index is -0.0747. The van der Waals surface area contributed by atoms with Crippen molar-refractivity contribution in [3.05, 3.63) is 0 Å². The van der Waals surface area contributed by atoms with Gasteiger partial charge in [0.05, 0.1) is 5.60 Å². The lowest BCUT2D eigenvalue weighted by molar-refractivity contribution is -0.0114. The number of nitrogens with one attached hydrogen (secondary N) is 1. The number of rotatable bonds is 3. The average Bonchev–Trinajstić information content (AvgIpc) is 2.39. The minimum Gasteiger partial charge on any atom is -0.396 e. The number of aliphatic hydroxyl groups excluding tert-OH is 1. The Balaban J connectivity index is 2.41. The van der Waals surface area contributed by atoms with Crippen LogP contribution in [-0.4, -0.2) is 37.5 Å². The lowest BCUT2D eigenvalue weighted by Crippen LogP contribution is -2.34. The highest BCUT2D eigenvalue weighted by Gasteiger charge is 2.32.